The third-order valence-electron chi connectivity index (χ3n) is 4.59. The lowest BCUT2D eigenvalue weighted by Crippen LogP contribution is -2.26. The number of nitrogens with zero attached hydrogens (tertiary/aromatic N) is 5. The number of pyridine rings is 1. The molecule has 1 aliphatic rings. The van der Waals surface area contributed by atoms with Crippen LogP contribution in [0.2, 0.25) is 0 Å². The van der Waals surface area contributed by atoms with E-state index in [2.05, 4.69) is 26.2 Å². The second kappa shape index (κ2) is 6.45. The average Bonchev–Trinajstić information content (AvgIpc) is 2.67. The van der Waals surface area contributed by atoms with Crippen LogP contribution in [0.5, 0.6) is 5.75 Å². The summed E-state index contributed by atoms with van der Waals surface area (Å²) in [6.07, 6.45) is 5.48. The Morgan fingerprint density at radius 2 is 2.12 bits per heavy atom. The van der Waals surface area contributed by atoms with Crippen LogP contribution in [0.25, 0.3) is 11.3 Å². The molecule has 1 aromatic carbocycles. The molecule has 26 heavy (non-hydrogen) atoms. The zero-order chi connectivity index (χ0) is 18.1. The Morgan fingerprint density at radius 3 is 2.85 bits per heavy atom. The summed E-state index contributed by atoms with van der Waals surface area (Å²) >= 11 is 0. The molecule has 0 spiro atoms. The van der Waals surface area contributed by atoms with Crippen molar-refractivity contribution >= 4 is 11.5 Å². The molecule has 6 nitrogen and oxygen atoms in total. The van der Waals surface area contributed by atoms with Crippen LogP contribution >= 0.6 is 0 Å². The Bertz CT molecular complexity index is 987. The quantitative estimate of drug-likeness (QED) is 0.766. The van der Waals surface area contributed by atoms with Crippen molar-refractivity contribution in [2.75, 3.05) is 11.4 Å². The summed E-state index contributed by atoms with van der Waals surface area (Å²) in [6.45, 7) is 2.73. The fourth-order valence-electron chi connectivity index (χ4n) is 3.42. The lowest BCUT2D eigenvalue weighted by Gasteiger charge is -2.29. The molecule has 6 heteroatoms. The van der Waals surface area contributed by atoms with E-state index in [0.717, 1.165) is 42.0 Å². The highest BCUT2D eigenvalue weighted by molar-refractivity contribution is 5.74. The number of anilines is 2. The Labute approximate surface area is 151 Å². The van der Waals surface area contributed by atoms with Crippen LogP contribution in [0.1, 0.15) is 23.1 Å². The summed E-state index contributed by atoms with van der Waals surface area (Å²) in [6, 6.07) is 11.2. The van der Waals surface area contributed by atoms with Gasteiger partial charge in [0.25, 0.3) is 0 Å². The Balaban J connectivity index is 1.78. The number of aromatic nitrogens is 3. The van der Waals surface area contributed by atoms with Crippen molar-refractivity contribution in [2.45, 2.75) is 19.8 Å². The molecule has 0 atom stereocenters. The van der Waals surface area contributed by atoms with E-state index in [4.69, 9.17) is 5.26 Å². The molecule has 0 saturated carbocycles. The second-order valence-electron chi connectivity index (χ2n) is 6.34. The fraction of sp³-hybridized carbons (Fsp3) is 0.200. The smallest absolute Gasteiger partial charge is 0.158 e. The lowest BCUT2D eigenvalue weighted by molar-refractivity contribution is 0.476. The maximum absolute atomic E-state index is 10.4. The number of fused-ring (bicyclic) bond motifs is 1. The summed E-state index contributed by atoms with van der Waals surface area (Å²) in [7, 11) is 0. The van der Waals surface area contributed by atoms with Gasteiger partial charge in [0.2, 0.25) is 0 Å². The molecular weight excluding hydrogens is 326 g/mol. The van der Waals surface area contributed by atoms with Crippen molar-refractivity contribution in [3.63, 3.8) is 0 Å². The van der Waals surface area contributed by atoms with E-state index in [-0.39, 0.29) is 5.75 Å². The van der Waals surface area contributed by atoms with Gasteiger partial charge in [-0.05, 0) is 61.2 Å². The second-order valence-corrected chi connectivity index (χ2v) is 6.34. The van der Waals surface area contributed by atoms with Crippen molar-refractivity contribution < 1.29 is 5.11 Å². The van der Waals surface area contributed by atoms with E-state index < -0.39 is 0 Å². The summed E-state index contributed by atoms with van der Waals surface area (Å²) < 4.78 is 0. The topological polar surface area (TPSA) is 85.9 Å². The maximum Gasteiger partial charge on any atom is 0.158 e. The normalized spacial score (nSPS) is 13.2. The van der Waals surface area contributed by atoms with Crippen molar-refractivity contribution in [2.24, 2.45) is 0 Å². The first kappa shape index (κ1) is 16.0. The molecule has 4 rings (SSSR count). The summed E-state index contributed by atoms with van der Waals surface area (Å²) in [5.74, 6) is 0.884. The highest BCUT2D eigenvalue weighted by atomic mass is 16.3. The number of phenolic OH excluding ortho intramolecular Hbond substituents is 1. The van der Waals surface area contributed by atoms with Gasteiger partial charge in [-0.25, -0.2) is 0 Å². The van der Waals surface area contributed by atoms with E-state index in [1.165, 1.54) is 6.07 Å². The number of nitriles is 1. The van der Waals surface area contributed by atoms with Crippen LogP contribution in [0.3, 0.4) is 0 Å². The number of phenols is 1. The Hall–Kier alpha value is -3.46. The average molecular weight is 343 g/mol. The van der Waals surface area contributed by atoms with E-state index in [1.54, 1.807) is 12.3 Å². The van der Waals surface area contributed by atoms with E-state index in [0.29, 0.717) is 16.8 Å². The summed E-state index contributed by atoms with van der Waals surface area (Å²) in [4.78, 5) is 6.31. The Kier molecular flexibility index (Phi) is 3.98. The highest BCUT2D eigenvalue weighted by Crippen LogP contribution is 2.36. The molecule has 3 aromatic rings. The zero-order valence-corrected chi connectivity index (χ0v) is 14.3. The first-order valence-corrected chi connectivity index (χ1v) is 8.45. The minimum absolute atomic E-state index is 0.0516. The third kappa shape index (κ3) is 2.74. The Morgan fingerprint density at radius 1 is 1.23 bits per heavy atom. The molecule has 0 saturated heterocycles. The number of hydrogen-bond donors (Lipinski definition) is 1. The van der Waals surface area contributed by atoms with Crippen LogP contribution in [-0.4, -0.2) is 26.8 Å². The SMILES string of the molecule is Cc1cc(C#N)cc(O)c1-c1cc2c(nn1)N(c1cccnc1)CCC2. The number of rotatable bonds is 2. The molecule has 0 unspecified atom stereocenters. The largest absolute Gasteiger partial charge is 0.507 e. The van der Waals surface area contributed by atoms with Gasteiger partial charge >= 0.3 is 0 Å². The van der Waals surface area contributed by atoms with E-state index >= 15 is 0 Å². The van der Waals surface area contributed by atoms with Gasteiger partial charge in [0.1, 0.15) is 5.75 Å². The summed E-state index contributed by atoms with van der Waals surface area (Å²) in [5.41, 5.74) is 4.56. The minimum Gasteiger partial charge on any atom is -0.507 e. The van der Waals surface area contributed by atoms with Gasteiger partial charge in [-0.3, -0.25) is 4.98 Å². The van der Waals surface area contributed by atoms with Crippen molar-refractivity contribution in [1.82, 2.24) is 15.2 Å². The predicted molar refractivity (Wildman–Crippen MR) is 98.1 cm³/mol. The van der Waals surface area contributed by atoms with E-state index in [9.17, 15) is 5.11 Å². The number of aryl methyl sites for hydroxylation is 2. The highest BCUT2D eigenvalue weighted by Gasteiger charge is 2.22. The molecule has 1 N–H and O–H groups in total. The molecule has 0 aliphatic carbocycles. The van der Waals surface area contributed by atoms with Crippen molar-refractivity contribution in [3.05, 3.63) is 59.4 Å². The van der Waals surface area contributed by atoms with Gasteiger partial charge in [0.05, 0.1) is 29.2 Å². The lowest BCUT2D eigenvalue weighted by atomic mass is 9.98. The van der Waals surface area contributed by atoms with Crippen LogP contribution in [0, 0.1) is 18.3 Å². The van der Waals surface area contributed by atoms with Gasteiger partial charge in [-0.15, -0.1) is 10.2 Å². The van der Waals surface area contributed by atoms with Gasteiger partial charge in [-0.1, -0.05) is 0 Å². The first-order chi connectivity index (χ1) is 12.7. The van der Waals surface area contributed by atoms with Gasteiger partial charge in [-0.2, -0.15) is 5.26 Å². The van der Waals surface area contributed by atoms with Gasteiger partial charge in [0.15, 0.2) is 5.82 Å². The van der Waals surface area contributed by atoms with Crippen LogP contribution in [-0.2, 0) is 6.42 Å². The van der Waals surface area contributed by atoms with Crippen LogP contribution < -0.4 is 4.90 Å². The molecule has 0 amide bonds. The third-order valence-corrected chi connectivity index (χ3v) is 4.59. The number of benzene rings is 1. The van der Waals surface area contributed by atoms with E-state index in [1.807, 2.05) is 31.3 Å². The standard InChI is InChI=1S/C20H17N5O/c1-13-8-14(11-21)9-18(26)19(13)17-10-15-4-3-7-25(20(15)24-23-17)16-5-2-6-22-12-16/h2,5-6,8-10,12,26H,3-4,7H2,1H3. The molecule has 1 aliphatic heterocycles. The van der Waals surface area contributed by atoms with Crippen molar-refractivity contribution in [3.8, 4) is 23.1 Å². The fourth-order valence-corrected chi connectivity index (χ4v) is 3.42. The zero-order valence-electron chi connectivity index (χ0n) is 14.3. The molecule has 0 fully saturated rings. The maximum atomic E-state index is 10.4. The predicted octanol–water partition coefficient (Wildman–Crippen LogP) is 3.51. The monoisotopic (exact) mass is 343 g/mol. The van der Waals surface area contributed by atoms with Crippen LogP contribution in [0.4, 0.5) is 11.5 Å². The number of aromatic hydroxyl groups is 1. The molecule has 0 radical (unpaired) electrons. The molecule has 3 heterocycles. The molecule has 2 aromatic heterocycles. The minimum atomic E-state index is 0.0516. The van der Waals surface area contributed by atoms with Gasteiger partial charge in [0, 0.05) is 18.3 Å². The molecule has 128 valence electrons. The molecule has 0 bridgehead atoms. The van der Waals surface area contributed by atoms with Crippen LogP contribution in [0.15, 0.2) is 42.7 Å². The number of hydrogen-bond acceptors (Lipinski definition) is 6. The van der Waals surface area contributed by atoms with Gasteiger partial charge < -0.3 is 10.0 Å². The summed E-state index contributed by atoms with van der Waals surface area (Å²) in [5, 5.41) is 28.2. The van der Waals surface area contributed by atoms with Crippen molar-refractivity contribution in [1.29, 1.82) is 5.26 Å². The molecular formula is C20H17N5O. The first-order valence-electron chi connectivity index (χ1n) is 8.45.